The molecule has 16 heavy (non-hydrogen) atoms. The molecule has 0 amide bonds. The Morgan fingerprint density at radius 1 is 1.19 bits per heavy atom. The highest BCUT2D eigenvalue weighted by Crippen LogP contribution is 2.25. The lowest BCUT2D eigenvalue weighted by Gasteiger charge is -2.24. The molecule has 0 saturated carbocycles. The fraction of sp³-hybridized carbons (Fsp3) is 1.00. The zero-order valence-electron chi connectivity index (χ0n) is 9.93. The Hall–Kier alpha value is -0.200. The van der Waals surface area contributed by atoms with Crippen LogP contribution in [-0.4, -0.2) is 52.6 Å². The van der Waals surface area contributed by atoms with E-state index in [1.54, 1.807) is 0 Å². The summed E-state index contributed by atoms with van der Waals surface area (Å²) in [5.41, 5.74) is 0. The Kier molecular flexibility index (Phi) is 5.14. The van der Waals surface area contributed by atoms with Gasteiger partial charge in [-0.15, -0.1) is 0 Å². The highest BCUT2D eigenvalue weighted by atomic mass is 16.7. The molecule has 1 aliphatic heterocycles. The quantitative estimate of drug-likeness (QED) is 0.604. The van der Waals surface area contributed by atoms with Gasteiger partial charge in [0.1, 0.15) is 6.10 Å². The summed E-state index contributed by atoms with van der Waals surface area (Å²) in [6.45, 7) is 4.54. The van der Waals surface area contributed by atoms with Gasteiger partial charge >= 0.3 is 0 Å². The van der Waals surface area contributed by atoms with Crippen molar-refractivity contribution in [2.75, 3.05) is 13.2 Å². The van der Waals surface area contributed by atoms with Crippen LogP contribution in [0.15, 0.2) is 0 Å². The van der Waals surface area contributed by atoms with Crippen LogP contribution in [0.5, 0.6) is 0 Å². The summed E-state index contributed by atoms with van der Waals surface area (Å²) in [4.78, 5) is 0. The largest absolute Gasteiger partial charge is 0.391 e. The van der Waals surface area contributed by atoms with Crippen LogP contribution >= 0.6 is 0 Å². The number of aliphatic hydroxyl groups excluding tert-OH is 3. The van der Waals surface area contributed by atoms with Crippen LogP contribution in [0.25, 0.3) is 0 Å². The summed E-state index contributed by atoms with van der Waals surface area (Å²) in [5, 5.41) is 28.0. The van der Waals surface area contributed by atoms with Crippen molar-refractivity contribution in [1.29, 1.82) is 0 Å². The molecule has 1 heterocycles. The maximum Gasteiger partial charge on any atom is 0.165 e. The van der Waals surface area contributed by atoms with Gasteiger partial charge in [-0.2, -0.15) is 0 Å². The molecule has 96 valence electrons. The molecule has 3 N–H and O–H groups in total. The highest BCUT2D eigenvalue weighted by Gasteiger charge is 2.31. The molecule has 5 nitrogen and oxygen atoms in total. The summed E-state index contributed by atoms with van der Waals surface area (Å²) in [5.74, 6) is -0.546. The zero-order chi connectivity index (χ0) is 12.2. The van der Waals surface area contributed by atoms with Crippen LogP contribution in [0.4, 0.5) is 0 Å². The van der Waals surface area contributed by atoms with Gasteiger partial charge in [0.15, 0.2) is 5.79 Å². The summed E-state index contributed by atoms with van der Waals surface area (Å²) < 4.78 is 10.8. The van der Waals surface area contributed by atoms with E-state index >= 15 is 0 Å². The molecular weight excluding hydrogens is 212 g/mol. The number of ether oxygens (including phenoxy) is 2. The first-order chi connectivity index (χ1) is 7.44. The van der Waals surface area contributed by atoms with E-state index in [0.717, 1.165) is 0 Å². The van der Waals surface area contributed by atoms with E-state index in [2.05, 4.69) is 0 Å². The molecule has 0 unspecified atom stereocenters. The first-order valence-electron chi connectivity index (χ1n) is 5.77. The number of hydrogen-bond donors (Lipinski definition) is 3. The second-order valence-corrected chi connectivity index (χ2v) is 4.52. The maximum absolute atomic E-state index is 9.55. The number of rotatable bonds is 6. The van der Waals surface area contributed by atoms with Crippen LogP contribution in [0, 0.1) is 0 Å². The molecular formula is C11H22O5. The molecule has 0 aliphatic carbocycles. The minimum absolute atomic E-state index is 0.425. The van der Waals surface area contributed by atoms with E-state index in [0.29, 0.717) is 32.5 Å². The molecule has 3 atom stereocenters. The Labute approximate surface area is 96.0 Å². The van der Waals surface area contributed by atoms with Gasteiger partial charge < -0.3 is 24.8 Å². The normalized spacial score (nSPS) is 25.3. The SMILES string of the molecule is C[C@H](O)[C@@H](O)[C@H](O)CCCC1(C)OCCO1. The molecule has 1 rings (SSSR count). The molecule has 0 aromatic heterocycles. The molecule has 0 aromatic rings. The van der Waals surface area contributed by atoms with Gasteiger partial charge in [-0.25, -0.2) is 0 Å². The molecule has 0 bridgehead atoms. The smallest absolute Gasteiger partial charge is 0.165 e. The second-order valence-electron chi connectivity index (χ2n) is 4.52. The monoisotopic (exact) mass is 234 g/mol. The van der Waals surface area contributed by atoms with Crippen LogP contribution < -0.4 is 0 Å². The lowest BCUT2D eigenvalue weighted by molar-refractivity contribution is -0.149. The fourth-order valence-electron chi connectivity index (χ4n) is 1.83. The molecule has 1 aliphatic rings. The minimum atomic E-state index is -1.08. The van der Waals surface area contributed by atoms with Crippen LogP contribution in [-0.2, 0) is 9.47 Å². The van der Waals surface area contributed by atoms with E-state index in [1.165, 1.54) is 6.92 Å². The lowest BCUT2D eigenvalue weighted by Crippen LogP contribution is -2.36. The Morgan fingerprint density at radius 3 is 2.25 bits per heavy atom. The first kappa shape index (κ1) is 13.9. The van der Waals surface area contributed by atoms with Crippen molar-refractivity contribution in [1.82, 2.24) is 0 Å². The van der Waals surface area contributed by atoms with Crippen molar-refractivity contribution in [3.8, 4) is 0 Å². The van der Waals surface area contributed by atoms with Crippen molar-refractivity contribution in [3.05, 3.63) is 0 Å². The minimum Gasteiger partial charge on any atom is -0.391 e. The molecule has 5 heteroatoms. The molecule has 1 fully saturated rings. The third-order valence-corrected chi connectivity index (χ3v) is 2.92. The van der Waals surface area contributed by atoms with E-state index in [9.17, 15) is 10.2 Å². The number of aliphatic hydroxyl groups is 3. The average Bonchev–Trinajstić information content (AvgIpc) is 2.64. The van der Waals surface area contributed by atoms with Crippen molar-refractivity contribution >= 4 is 0 Å². The van der Waals surface area contributed by atoms with Gasteiger partial charge in [-0.3, -0.25) is 0 Å². The Morgan fingerprint density at radius 2 is 1.75 bits per heavy atom. The van der Waals surface area contributed by atoms with Crippen LogP contribution in [0.1, 0.15) is 33.1 Å². The summed E-state index contributed by atoms with van der Waals surface area (Å²) in [6, 6.07) is 0. The molecule has 0 spiro atoms. The predicted molar refractivity (Wildman–Crippen MR) is 57.9 cm³/mol. The molecule has 0 radical (unpaired) electrons. The van der Waals surface area contributed by atoms with Crippen molar-refractivity contribution in [3.63, 3.8) is 0 Å². The first-order valence-corrected chi connectivity index (χ1v) is 5.77. The predicted octanol–water partition coefficient (Wildman–Crippen LogP) is 0.0223. The van der Waals surface area contributed by atoms with E-state index < -0.39 is 24.1 Å². The topological polar surface area (TPSA) is 79.2 Å². The third-order valence-electron chi connectivity index (χ3n) is 2.92. The second kappa shape index (κ2) is 5.93. The van der Waals surface area contributed by atoms with Crippen LogP contribution in [0.2, 0.25) is 0 Å². The van der Waals surface area contributed by atoms with Gasteiger partial charge in [0, 0.05) is 6.42 Å². The van der Waals surface area contributed by atoms with E-state index in [4.69, 9.17) is 14.6 Å². The average molecular weight is 234 g/mol. The molecule has 0 aromatic carbocycles. The number of hydrogen-bond acceptors (Lipinski definition) is 5. The van der Waals surface area contributed by atoms with Crippen molar-refractivity contribution < 1.29 is 24.8 Å². The van der Waals surface area contributed by atoms with Gasteiger partial charge in [0.05, 0.1) is 25.4 Å². The fourth-order valence-corrected chi connectivity index (χ4v) is 1.83. The standard InChI is InChI=1S/C11H22O5/c1-8(12)10(14)9(13)4-3-5-11(2)15-6-7-16-11/h8-10,12-14H,3-7H2,1-2H3/t8-,9+,10+/m0/s1. The molecule has 1 saturated heterocycles. The Balaban J connectivity index is 2.19. The van der Waals surface area contributed by atoms with E-state index in [-0.39, 0.29) is 0 Å². The van der Waals surface area contributed by atoms with E-state index in [1.807, 2.05) is 6.92 Å². The van der Waals surface area contributed by atoms with Crippen molar-refractivity contribution in [2.45, 2.75) is 57.2 Å². The van der Waals surface area contributed by atoms with Crippen molar-refractivity contribution in [2.24, 2.45) is 0 Å². The summed E-state index contributed by atoms with van der Waals surface area (Å²) in [6.07, 6.45) is -1.11. The summed E-state index contributed by atoms with van der Waals surface area (Å²) >= 11 is 0. The van der Waals surface area contributed by atoms with Crippen LogP contribution in [0.3, 0.4) is 0 Å². The van der Waals surface area contributed by atoms with Gasteiger partial charge in [0.25, 0.3) is 0 Å². The van der Waals surface area contributed by atoms with Gasteiger partial charge in [0.2, 0.25) is 0 Å². The zero-order valence-corrected chi connectivity index (χ0v) is 9.93. The lowest BCUT2D eigenvalue weighted by atomic mass is 10.0. The highest BCUT2D eigenvalue weighted by molar-refractivity contribution is 4.74. The van der Waals surface area contributed by atoms with Gasteiger partial charge in [-0.05, 0) is 26.7 Å². The van der Waals surface area contributed by atoms with Gasteiger partial charge in [-0.1, -0.05) is 0 Å². The third kappa shape index (κ3) is 3.99. The maximum atomic E-state index is 9.55. The Bertz CT molecular complexity index is 201. The summed E-state index contributed by atoms with van der Waals surface area (Å²) in [7, 11) is 0.